The number of H-pyrrole nitrogens is 2. The van der Waals surface area contributed by atoms with E-state index < -0.39 is 26.8 Å². The molecule has 0 aliphatic heterocycles. The van der Waals surface area contributed by atoms with Crippen molar-refractivity contribution in [3.05, 3.63) is 87.9 Å². The summed E-state index contributed by atoms with van der Waals surface area (Å²) in [6.45, 7) is 0. The average Bonchev–Trinajstić information content (AvgIpc) is 3.07. The summed E-state index contributed by atoms with van der Waals surface area (Å²) in [6.07, 6.45) is 2.45. The molecule has 3 rings (SSSR count). The lowest BCUT2D eigenvalue weighted by Crippen LogP contribution is -2.25. The molecule has 28 heavy (non-hydrogen) atoms. The summed E-state index contributed by atoms with van der Waals surface area (Å²) in [4.78, 5) is 47.1. The van der Waals surface area contributed by atoms with E-state index in [4.69, 9.17) is 16.0 Å². The molecule has 0 radical (unpaired) electrons. The molecule has 0 fully saturated rings. The van der Waals surface area contributed by atoms with Gasteiger partial charge in [-0.2, -0.15) is 0 Å². The molecule has 0 atom stereocenters. The van der Waals surface area contributed by atoms with Crippen molar-refractivity contribution in [1.29, 1.82) is 0 Å². The molecule has 1 aromatic carbocycles. The van der Waals surface area contributed by atoms with Crippen molar-refractivity contribution in [3.63, 3.8) is 0 Å². The van der Waals surface area contributed by atoms with E-state index >= 15 is 0 Å². The normalized spacial score (nSPS) is 11.0. The minimum Gasteiger partial charge on any atom is -0.457 e. The lowest BCUT2D eigenvalue weighted by atomic mass is 10.1. The summed E-state index contributed by atoms with van der Waals surface area (Å²) in [7, 11) is 0. The first-order chi connectivity index (χ1) is 13.3. The molecule has 11 nitrogen and oxygen atoms in total. The third kappa shape index (κ3) is 3.73. The molecule has 2 N–H and O–H groups in total. The summed E-state index contributed by atoms with van der Waals surface area (Å²) in [5, 5.41) is 21.9. The van der Waals surface area contributed by atoms with E-state index in [0.29, 0.717) is 11.3 Å². The second-order valence-electron chi connectivity index (χ2n) is 5.38. The molecule has 0 unspecified atom stereocenters. The molecule has 0 aliphatic carbocycles. The minimum atomic E-state index is -1.13. The highest BCUT2D eigenvalue weighted by molar-refractivity contribution is 6.33. The fourth-order valence-corrected chi connectivity index (χ4v) is 2.64. The monoisotopic (exact) mass is 404 g/mol. The van der Waals surface area contributed by atoms with E-state index in [-0.39, 0.29) is 22.2 Å². The number of benzene rings is 1. The topological polar surface area (TPSA) is 165 Å². The van der Waals surface area contributed by atoms with E-state index in [9.17, 15) is 29.8 Å². The predicted octanol–water partition coefficient (Wildman–Crippen LogP) is 2.96. The molecule has 2 aromatic heterocycles. The molecule has 142 valence electrons. The van der Waals surface area contributed by atoms with Crippen LogP contribution in [0.15, 0.2) is 44.3 Å². The number of aromatic nitrogens is 2. The van der Waals surface area contributed by atoms with Crippen molar-refractivity contribution in [1.82, 2.24) is 9.97 Å². The van der Waals surface area contributed by atoms with Crippen LogP contribution >= 0.6 is 11.6 Å². The standard InChI is InChI=1S/C16H9ClN4O7/c17-11-7-8(20(24)25)1-4-10(11)13-6-3-9(28-13)2-5-12-14(21(26)27)15(22)19-16(23)18-12/h1-7H,(H2,18,19,22,23)/b5-2+. The Balaban J connectivity index is 1.94. The molecule has 0 saturated carbocycles. The van der Waals surface area contributed by atoms with Gasteiger partial charge in [-0.1, -0.05) is 11.6 Å². The maximum atomic E-state index is 11.6. The van der Waals surface area contributed by atoms with Gasteiger partial charge in [0.25, 0.3) is 5.69 Å². The van der Waals surface area contributed by atoms with Crippen molar-refractivity contribution in [2.75, 3.05) is 0 Å². The second kappa shape index (κ2) is 7.32. The van der Waals surface area contributed by atoms with Crippen LogP contribution in [0.25, 0.3) is 23.5 Å². The number of nitro benzene ring substituents is 1. The van der Waals surface area contributed by atoms with Crippen LogP contribution in [0.4, 0.5) is 11.4 Å². The molecular formula is C16H9ClN4O7. The molecule has 0 saturated heterocycles. The molecule has 0 spiro atoms. The molecule has 0 bridgehead atoms. The number of aromatic amines is 2. The highest BCUT2D eigenvalue weighted by atomic mass is 35.5. The van der Waals surface area contributed by atoms with E-state index in [1.807, 2.05) is 0 Å². The first-order valence-corrected chi connectivity index (χ1v) is 7.87. The summed E-state index contributed by atoms with van der Waals surface area (Å²) >= 11 is 6.05. The number of non-ortho nitro benzene ring substituents is 1. The zero-order valence-corrected chi connectivity index (χ0v) is 14.4. The molecule has 2 heterocycles. The lowest BCUT2D eigenvalue weighted by Gasteiger charge is -2.00. The van der Waals surface area contributed by atoms with Gasteiger partial charge in [-0.15, -0.1) is 0 Å². The van der Waals surface area contributed by atoms with E-state index in [1.54, 1.807) is 11.1 Å². The van der Waals surface area contributed by atoms with Crippen molar-refractivity contribution < 1.29 is 14.3 Å². The van der Waals surface area contributed by atoms with Crippen molar-refractivity contribution in [2.24, 2.45) is 0 Å². The summed E-state index contributed by atoms with van der Waals surface area (Å²) < 4.78 is 5.54. The van der Waals surface area contributed by atoms with Gasteiger partial charge >= 0.3 is 16.9 Å². The first kappa shape index (κ1) is 18.8. The Morgan fingerprint density at radius 3 is 2.39 bits per heavy atom. The van der Waals surface area contributed by atoms with E-state index in [1.165, 1.54) is 30.3 Å². The maximum Gasteiger partial charge on any atom is 0.357 e. The van der Waals surface area contributed by atoms with Crippen molar-refractivity contribution in [3.8, 4) is 11.3 Å². The number of hydrogen-bond acceptors (Lipinski definition) is 7. The van der Waals surface area contributed by atoms with Gasteiger partial charge in [-0.25, -0.2) is 4.79 Å². The van der Waals surface area contributed by atoms with Gasteiger partial charge in [-0.05, 0) is 30.4 Å². The van der Waals surface area contributed by atoms with Crippen LogP contribution in [-0.2, 0) is 0 Å². The molecular weight excluding hydrogens is 396 g/mol. The summed E-state index contributed by atoms with van der Waals surface area (Å²) in [6, 6.07) is 6.93. The number of hydrogen-bond donors (Lipinski definition) is 2. The number of nitrogens with one attached hydrogen (secondary N) is 2. The van der Waals surface area contributed by atoms with Crippen molar-refractivity contribution >= 4 is 35.1 Å². The number of furan rings is 1. The molecule has 3 aromatic rings. The smallest absolute Gasteiger partial charge is 0.357 e. The van der Waals surface area contributed by atoms with Gasteiger partial charge in [-0.3, -0.25) is 30.0 Å². The van der Waals surface area contributed by atoms with Crippen LogP contribution in [0, 0.1) is 20.2 Å². The molecule has 0 amide bonds. The van der Waals surface area contributed by atoms with E-state index in [2.05, 4.69) is 4.98 Å². The third-order valence-electron chi connectivity index (χ3n) is 3.60. The molecule has 12 heteroatoms. The quantitative estimate of drug-likeness (QED) is 0.487. The SMILES string of the molecule is O=c1[nH]c(/C=C/c2ccc(-c3ccc([N+](=O)[O-])cc3Cl)o2)c([N+](=O)[O-])c(=O)[nH]1. The van der Waals surface area contributed by atoms with Gasteiger partial charge in [0.1, 0.15) is 17.2 Å². The Morgan fingerprint density at radius 2 is 1.75 bits per heavy atom. The largest absolute Gasteiger partial charge is 0.457 e. The van der Waals surface area contributed by atoms with Gasteiger partial charge < -0.3 is 9.40 Å². The van der Waals surface area contributed by atoms with Crippen LogP contribution in [0.5, 0.6) is 0 Å². The van der Waals surface area contributed by atoms with Gasteiger partial charge in [0.15, 0.2) is 0 Å². The van der Waals surface area contributed by atoms with Crippen LogP contribution in [0.1, 0.15) is 11.5 Å². The van der Waals surface area contributed by atoms with Crippen LogP contribution in [0.3, 0.4) is 0 Å². The zero-order chi connectivity index (χ0) is 20.4. The Bertz CT molecular complexity index is 1240. The highest BCUT2D eigenvalue weighted by Gasteiger charge is 2.19. The van der Waals surface area contributed by atoms with Crippen LogP contribution in [-0.4, -0.2) is 19.8 Å². The van der Waals surface area contributed by atoms with Gasteiger partial charge in [0.05, 0.1) is 14.9 Å². The highest BCUT2D eigenvalue weighted by Crippen LogP contribution is 2.32. The van der Waals surface area contributed by atoms with E-state index in [0.717, 1.165) is 6.08 Å². The Hall–Kier alpha value is -3.99. The van der Waals surface area contributed by atoms with Crippen molar-refractivity contribution in [2.45, 2.75) is 0 Å². The number of halogens is 1. The fraction of sp³-hybridized carbons (Fsp3) is 0. The summed E-state index contributed by atoms with van der Waals surface area (Å²) in [5.41, 5.74) is -2.92. The van der Waals surface area contributed by atoms with Crippen LogP contribution in [0.2, 0.25) is 5.02 Å². The number of nitro groups is 2. The Morgan fingerprint density at radius 1 is 1.00 bits per heavy atom. The minimum absolute atomic E-state index is 0.105. The third-order valence-corrected chi connectivity index (χ3v) is 3.91. The predicted molar refractivity (Wildman–Crippen MR) is 99.1 cm³/mol. The average molecular weight is 405 g/mol. The second-order valence-corrected chi connectivity index (χ2v) is 5.79. The maximum absolute atomic E-state index is 11.6. The first-order valence-electron chi connectivity index (χ1n) is 7.49. The molecule has 0 aliphatic rings. The van der Waals surface area contributed by atoms with Crippen LogP contribution < -0.4 is 11.2 Å². The zero-order valence-electron chi connectivity index (χ0n) is 13.7. The Labute approximate surface area is 159 Å². The Kier molecular flexibility index (Phi) is 4.92. The summed E-state index contributed by atoms with van der Waals surface area (Å²) in [5.74, 6) is 0.535. The number of rotatable bonds is 5. The fourth-order valence-electron chi connectivity index (χ4n) is 2.37. The van der Waals surface area contributed by atoms with Gasteiger partial charge in [0.2, 0.25) is 0 Å². The number of nitrogens with zero attached hydrogens (tertiary/aromatic N) is 2. The lowest BCUT2D eigenvalue weighted by molar-refractivity contribution is -0.386. The van der Waals surface area contributed by atoms with Gasteiger partial charge in [0, 0.05) is 17.7 Å².